The fraction of sp³-hybridized carbons (Fsp3) is 0.462. The first-order valence-corrected chi connectivity index (χ1v) is 7.24. The fourth-order valence-electron chi connectivity index (χ4n) is 2.11. The lowest BCUT2D eigenvalue weighted by Crippen LogP contribution is -2.53. The van der Waals surface area contributed by atoms with Crippen LogP contribution in [0.5, 0.6) is 5.75 Å². The summed E-state index contributed by atoms with van der Waals surface area (Å²) in [4.78, 5) is 12.6. The van der Waals surface area contributed by atoms with E-state index in [4.69, 9.17) is 17.0 Å². The van der Waals surface area contributed by atoms with E-state index in [2.05, 4.69) is 22.7 Å². The number of rotatable bonds is 4. The van der Waals surface area contributed by atoms with Gasteiger partial charge in [-0.05, 0) is 25.3 Å². The number of hydrogen-bond donors (Lipinski definition) is 2. The van der Waals surface area contributed by atoms with Crippen molar-refractivity contribution in [1.82, 2.24) is 15.3 Å². The van der Waals surface area contributed by atoms with Gasteiger partial charge < -0.3 is 15.0 Å². The molecule has 1 aromatic carbocycles. The molecule has 0 bridgehead atoms. The average Bonchev–Trinajstić information content (AvgIpc) is 2.49. The van der Waals surface area contributed by atoms with Crippen LogP contribution in [0.2, 0.25) is 0 Å². The molecule has 2 rings (SSSR count). The van der Waals surface area contributed by atoms with Crippen LogP contribution in [0, 0.1) is 10.1 Å². The topological polar surface area (TPSA) is 82.9 Å². The van der Waals surface area contributed by atoms with Crippen molar-refractivity contribution in [2.24, 2.45) is 0 Å². The Balaban J connectivity index is 1.97. The third kappa shape index (κ3) is 4.26. The van der Waals surface area contributed by atoms with E-state index in [1.807, 2.05) is 5.01 Å². The third-order valence-electron chi connectivity index (χ3n) is 3.41. The molecule has 1 aliphatic rings. The first-order chi connectivity index (χ1) is 10.5. The SMILES string of the molecule is COc1cc([N+](=O)[O-])ccc1NC(=S)NN1CCN(C)CC1. The van der Waals surface area contributed by atoms with E-state index < -0.39 is 4.92 Å². The van der Waals surface area contributed by atoms with Gasteiger partial charge in [-0.3, -0.25) is 15.5 Å². The lowest BCUT2D eigenvalue weighted by atomic mass is 10.2. The molecule has 8 nitrogen and oxygen atoms in total. The molecule has 0 unspecified atom stereocenters. The second-order valence-corrected chi connectivity index (χ2v) is 5.41. The summed E-state index contributed by atoms with van der Waals surface area (Å²) in [6.45, 7) is 3.68. The Labute approximate surface area is 134 Å². The second-order valence-electron chi connectivity index (χ2n) is 5.00. The van der Waals surface area contributed by atoms with Crippen LogP contribution in [0.3, 0.4) is 0 Å². The number of nitro groups is 1. The predicted octanol–water partition coefficient (Wildman–Crippen LogP) is 1.05. The molecule has 1 aliphatic heterocycles. The van der Waals surface area contributed by atoms with Gasteiger partial charge in [-0.15, -0.1) is 0 Å². The number of non-ortho nitro benzene ring substituents is 1. The van der Waals surface area contributed by atoms with Crippen molar-refractivity contribution in [3.63, 3.8) is 0 Å². The van der Waals surface area contributed by atoms with Crippen molar-refractivity contribution in [3.05, 3.63) is 28.3 Å². The number of benzene rings is 1. The summed E-state index contributed by atoms with van der Waals surface area (Å²) in [6.07, 6.45) is 0. The number of hydrazine groups is 1. The Morgan fingerprint density at radius 3 is 2.64 bits per heavy atom. The molecule has 0 atom stereocenters. The van der Waals surface area contributed by atoms with Crippen molar-refractivity contribution in [1.29, 1.82) is 0 Å². The zero-order chi connectivity index (χ0) is 16.1. The third-order valence-corrected chi connectivity index (χ3v) is 3.60. The van der Waals surface area contributed by atoms with Crippen molar-refractivity contribution in [3.8, 4) is 5.75 Å². The summed E-state index contributed by atoms with van der Waals surface area (Å²) >= 11 is 5.27. The molecule has 120 valence electrons. The number of piperazine rings is 1. The van der Waals surface area contributed by atoms with Crippen molar-refractivity contribution < 1.29 is 9.66 Å². The monoisotopic (exact) mass is 325 g/mol. The quantitative estimate of drug-likeness (QED) is 0.483. The molecule has 1 aromatic rings. The van der Waals surface area contributed by atoms with Gasteiger partial charge in [0.15, 0.2) is 5.11 Å². The molecule has 0 aromatic heterocycles. The number of nitro benzene ring substituents is 1. The molecule has 0 saturated carbocycles. The number of nitrogens with zero attached hydrogens (tertiary/aromatic N) is 3. The first-order valence-electron chi connectivity index (χ1n) is 6.83. The molecule has 1 heterocycles. The number of methoxy groups -OCH3 is 1. The minimum Gasteiger partial charge on any atom is -0.494 e. The smallest absolute Gasteiger partial charge is 0.273 e. The van der Waals surface area contributed by atoms with Gasteiger partial charge in [0.2, 0.25) is 0 Å². The molecular weight excluding hydrogens is 306 g/mol. The predicted molar refractivity (Wildman–Crippen MR) is 88.1 cm³/mol. The van der Waals surface area contributed by atoms with Crippen LogP contribution in [-0.2, 0) is 0 Å². The van der Waals surface area contributed by atoms with Gasteiger partial charge in [0.1, 0.15) is 5.75 Å². The zero-order valence-corrected chi connectivity index (χ0v) is 13.4. The van der Waals surface area contributed by atoms with Crippen molar-refractivity contribution in [2.45, 2.75) is 0 Å². The van der Waals surface area contributed by atoms with Gasteiger partial charge in [-0.2, -0.15) is 0 Å². The van der Waals surface area contributed by atoms with E-state index >= 15 is 0 Å². The van der Waals surface area contributed by atoms with E-state index in [-0.39, 0.29) is 5.69 Å². The Hall–Kier alpha value is -1.97. The van der Waals surface area contributed by atoms with Crippen LogP contribution in [0.25, 0.3) is 0 Å². The van der Waals surface area contributed by atoms with Gasteiger partial charge in [-0.1, -0.05) is 0 Å². The Kier molecular flexibility index (Phi) is 5.47. The number of nitrogens with one attached hydrogen (secondary N) is 2. The Morgan fingerprint density at radius 1 is 1.36 bits per heavy atom. The van der Waals surface area contributed by atoms with Crippen LogP contribution in [-0.4, -0.2) is 60.3 Å². The molecule has 0 spiro atoms. The van der Waals surface area contributed by atoms with Crippen molar-refractivity contribution >= 4 is 28.7 Å². The largest absolute Gasteiger partial charge is 0.494 e. The van der Waals surface area contributed by atoms with Crippen molar-refractivity contribution in [2.75, 3.05) is 45.7 Å². The number of hydrogen-bond acceptors (Lipinski definition) is 6. The number of ether oxygens (including phenoxy) is 1. The van der Waals surface area contributed by atoms with E-state index in [0.717, 1.165) is 26.2 Å². The van der Waals surface area contributed by atoms with Gasteiger partial charge in [0.25, 0.3) is 5.69 Å². The minimum absolute atomic E-state index is 0.0275. The molecule has 0 aliphatic carbocycles. The number of thiocarbonyl (C=S) groups is 1. The summed E-state index contributed by atoms with van der Waals surface area (Å²) in [7, 11) is 3.54. The van der Waals surface area contributed by atoms with Crippen LogP contribution in [0.15, 0.2) is 18.2 Å². The molecule has 9 heteroatoms. The zero-order valence-electron chi connectivity index (χ0n) is 12.5. The highest BCUT2D eigenvalue weighted by Gasteiger charge is 2.16. The number of likely N-dealkylation sites (N-methyl/N-ethyl adjacent to an activating group) is 1. The van der Waals surface area contributed by atoms with Gasteiger partial charge in [-0.25, -0.2) is 5.01 Å². The standard InChI is InChI=1S/C13H19N5O3S/c1-16-5-7-17(8-6-16)15-13(22)14-11-4-3-10(18(19)20)9-12(11)21-2/h3-4,9H,5-8H2,1-2H3,(H2,14,15,22). The maximum absolute atomic E-state index is 10.8. The molecule has 2 N–H and O–H groups in total. The molecule has 22 heavy (non-hydrogen) atoms. The van der Waals surface area contributed by atoms with Crippen LogP contribution in [0.1, 0.15) is 0 Å². The van der Waals surface area contributed by atoms with E-state index in [1.54, 1.807) is 6.07 Å². The summed E-state index contributed by atoms with van der Waals surface area (Å²) < 4.78 is 5.17. The van der Waals surface area contributed by atoms with E-state index in [0.29, 0.717) is 16.5 Å². The van der Waals surface area contributed by atoms with E-state index in [1.165, 1.54) is 19.2 Å². The van der Waals surface area contributed by atoms with Gasteiger partial charge >= 0.3 is 0 Å². The Morgan fingerprint density at radius 2 is 2.05 bits per heavy atom. The second kappa shape index (κ2) is 7.34. The highest BCUT2D eigenvalue weighted by atomic mass is 32.1. The first kappa shape index (κ1) is 16.4. The Bertz CT molecular complexity index is 561. The lowest BCUT2D eigenvalue weighted by molar-refractivity contribution is -0.384. The van der Waals surface area contributed by atoms with Crippen LogP contribution < -0.4 is 15.5 Å². The molecule has 1 saturated heterocycles. The summed E-state index contributed by atoms with van der Waals surface area (Å²) in [5.41, 5.74) is 3.67. The fourth-order valence-corrected chi connectivity index (χ4v) is 2.35. The summed E-state index contributed by atoms with van der Waals surface area (Å²) in [5.74, 6) is 0.372. The van der Waals surface area contributed by atoms with Gasteiger partial charge in [0, 0.05) is 32.2 Å². The minimum atomic E-state index is -0.465. The summed E-state index contributed by atoms with van der Waals surface area (Å²) in [5, 5.41) is 16.2. The molecule has 1 fully saturated rings. The van der Waals surface area contributed by atoms with E-state index in [9.17, 15) is 10.1 Å². The summed E-state index contributed by atoms with van der Waals surface area (Å²) in [6, 6.07) is 4.35. The molecule has 0 amide bonds. The highest BCUT2D eigenvalue weighted by molar-refractivity contribution is 7.80. The molecular formula is C13H19N5O3S. The maximum atomic E-state index is 10.8. The lowest BCUT2D eigenvalue weighted by Gasteiger charge is -2.33. The van der Waals surface area contributed by atoms with Gasteiger partial charge in [0.05, 0.1) is 23.8 Å². The highest BCUT2D eigenvalue weighted by Crippen LogP contribution is 2.28. The normalized spacial score (nSPS) is 16.1. The number of anilines is 1. The maximum Gasteiger partial charge on any atom is 0.273 e. The van der Waals surface area contributed by atoms with Crippen LogP contribution in [0.4, 0.5) is 11.4 Å². The van der Waals surface area contributed by atoms with Crippen LogP contribution >= 0.6 is 12.2 Å². The average molecular weight is 325 g/mol. The molecule has 0 radical (unpaired) electrons.